The lowest BCUT2D eigenvalue weighted by atomic mass is 9.91. The lowest BCUT2D eigenvalue weighted by molar-refractivity contribution is -0.118. The molecule has 1 aliphatic heterocycles. The minimum absolute atomic E-state index is 0.0372. The Hall–Kier alpha value is -5.78. The van der Waals surface area contributed by atoms with Crippen LogP contribution in [-0.4, -0.2) is 26.8 Å². The van der Waals surface area contributed by atoms with Gasteiger partial charge in [0.2, 0.25) is 21.8 Å². The first-order valence-electron chi connectivity index (χ1n) is 24.5. The topological polar surface area (TPSA) is 142 Å². The normalized spacial score (nSPS) is 13.0. The Balaban J connectivity index is 1.56. The zero-order chi connectivity index (χ0) is 50.7. The zero-order valence-electron chi connectivity index (χ0n) is 43.8. The number of carbonyl (C=O) groups excluding carboxylic acids is 2. The third kappa shape index (κ3) is 12.5. The summed E-state index contributed by atoms with van der Waals surface area (Å²) in [5, 5.41) is 11.5. The van der Waals surface area contributed by atoms with Gasteiger partial charge in [-0.25, -0.2) is 18.1 Å². The molecule has 0 aromatic heterocycles. The molecule has 6 rings (SSSR count). The van der Waals surface area contributed by atoms with E-state index in [1.54, 1.807) is 12.1 Å². The molecule has 368 valence electrons. The molecule has 4 aromatic carbocycles. The van der Waals surface area contributed by atoms with E-state index < -0.39 is 10.0 Å². The summed E-state index contributed by atoms with van der Waals surface area (Å²) in [6, 6.07) is 21.2. The molecule has 2 aliphatic rings. The zero-order valence-corrected chi connectivity index (χ0v) is 44.6. The molecule has 1 atom stereocenters. The number of aryl methyl sites for hydroxylation is 5. The van der Waals surface area contributed by atoms with Crippen molar-refractivity contribution in [2.75, 3.05) is 22.5 Å². The molecular formula is C58H75N5O5S. The second kappa shape index (κ2) is 21.1. The lowest BCUT2D eigenvalue weighted by Gasteiger charge is -2.23. The molecule has 0 saturated heterocycles. The average molecular weight is 954 g/mol. The fourth-order valence-corrected chi connectivity index (χ4v) is 10.7. The molecule has 4 aromatic rings. The number of benzene rings is 5. The standard InChI is InChI=1S/C58H75N5O5S/c1-16-18-21-41(17-2)33-59-69(66,67)49-23-20-19-22-44(49)52-43-25-24-42(60-53-35(4)26-37(6)55(39(53)8)62-50(64)31-57(10,11)12)29-47(43)68-48-30-46(34(3)28-45(48)52)61-54-36(5)27-38(7)56(40(54)9)63-51(65)32-58(13,14)15/h19-20,22-30,41,59,61H,16-18,21,31-33H2,1-15H3,(H,62,64)(H,63,65)/b60-42-. The van der Waals surface area contributed by atoms with E-state index in [1.165, 1.54) is 0 Å². The number of nitrogens with zero attached hydrogens (tertiary/aromatic N) is 1. The van der Waals surface area contributed by atoms with Crippen molar-refractivity contribution in [2.45, 2.75) is 147 Å². The second-order valence-corrected chi connectivity index (χ2v) is 23.4. The Labute approximate surface area is 411 Å². The summed E-state index contributed by atoms with van der Waals surface area (Å²) in [5.41, 5.74) is 12.8. The number of anilines is 4. The number of carbonyl (C=O) groups is 2. The largest absolute Gasteiger partial charge is 0.456 e. The first-order valence-corrected chi connectivity index (χ1v) is 26.0. The Kier molecular flexibility index (Phi) is 16.1. The Morgan fingerprint density at radius 1 is 0.681 bits per heavy atom. The van der Waals surface area contributed by atoms with Crippen molar-refractivity contribution in [1.82, 2.24) is 4.72 Å². The van der Waals surface area contributed by atoms with E-state index >= 15 is 0 Å². The van der Waals surface area contributed by atoms with Gasteiger partial charge in [-0.15, -0.1) is 0 Å². The fourth-order valence-electron chi connectivity index (χ4n) is 9.39. The fraction of sp³-hybridized carbons (Fsp3) is 0.431. The van der Waals surface area contributed by atoms with Crippen LogP contribution in [-0.2, 0) is 19.6 Å². The maximum Gasteiger partial charge on any atom is 0.241 e. The van der Waals surface area contributed by atoms with Gasteiger partial charge in [0.15, 0.2) is 0 Å². The van der Waals surface area contributed by atoms with E-state index in [0.717, 1.165) is 110 Å². The molecule has 11 heteroatoms. The molecular weight excluding hydrogens is 879 g/mol. The van der Waals surface area contributed by atoms with Crippen LogP contribution in [0.3, 0.4) is 0 Å². The molecule has 0 spiro atoms. The van der Waals surface area contributed by atoms with Crippen LogP contribution in [0.1, 0.15) is 133 Å². The maximum atomic E-state index is 14.5. The summed E-state index contributed by atoms with van der Waals surface area (Å²) in [4.78, 5) is 31.8. The number of hydrogen-bond acceptors (Lipinski definition) is 7. The summed E-state index contributed by atoms with van der Waals surface area (Å²) in [5.74, 6) is 0.664. The van der Waals surface area contributed by atoms with E-state index in [2.05, 4.69) is 74.3 Å². The summed E-state index contributed by atoms with van der Waals surface area (Å²) in [6.45, 7) is 31.0. The van der Waals surface area contributed by atoms with Gasteiger partial charge < -0.3 is 20.4 Å². The molecule has 10 nitrogen and oxygen atoms in total. The van der Waals surface area contributed by atoms with Crippen molar-refractivity contribution in [3.63, 3.8) is 0 Å². The highest BCUT2D eigenvalue weighted by molar-refractivity contribution is 7.89. The predicted octanol–water partition coefficient (Wildman–Crippen LogP) is 14.6. The van der Waals surface area contributed by atoms with Gasteiger partial charge in [0.25, 0.3) is 0 Å². The van der Waals surface area contributed by atoms with Gasteiger partial charge in [0.1, 0.15) is 11.3 Å². The molecule has 0 bridgehead atoms. The van der Waals surface area contributed by atoms with Crippen molar-refractivity contribution < 1.29 is 22.4 Å². The van der Waals surface area contributed by atoms with Crippen LogP contribution in [0.5, 0.6) is 0 Å². The molecule has 1 unspecified atom stereocenters. The van der Waals surface area contributed by atoms with Crippen LogP contribution in [0.25, 0.3) is 33.4 Å². The number of sulfonamides is 1. The smallest absolute Gasteiger partial charge is 0.241 e. The number of rotatable bonds is 16. The van der Waals surface area contributed by atoms with Gasteiger partial charge in [-0.2, -0.15) is 0 Å². The minimum atomic E-state index is -3.96. The van der Waals surface area contributed by atoms with Crippen molar-refractivity contribution in [3.8, 4) is 22.5 Å². The first kappa shape index (κ1) is 52.6. The lowest BCUT2D eigenvalue weighted by Crippen LogP contribution is -2.29. The minimum Gasteiger partial charge on any atom is -0.456 e. The third-order valence-electron chi connectivity index (χ3n) is 12.9. The van der Waals surface area contributed by atoms with E-state index in [1.807, 2.05) is 105 Å². The van der Waals surface area contributed by atoms with Crippen molar-refractivity contribution in [3.05, 3.63) is 111 Å². The highest BCUT2D eigenvalue weighted by Gasteiger charge is 2.27. The third-order valence-corrected chi connectivity index (χ3v) is 14.4. The molecule has 2 amide bonds. The summed E-state index contributed by atoms with van der Waals surface area (Å²) >= 11 is 0. The molecule has 1 aliphatic carbocycles. The number of unbranched alkanes of at least 4 members (excludes halogenated alkanes) is 1. The average Bonchev–Trinajstić information content (AvgIpc) is 3.25. The number of nitrogens with one attached hydrogen (secondary N) is 4. The van der Waals surface area contributed by atoms with Crippen molar-refractivity contribution in [1.29, 1.82) is 0 Å². The van der Waals surface area contributed by atoms with Crippen LogP contribution >= 0.6 is 0 Å². The van der Waals surface area contributed by atoms with Crippen molar-refractivity contribution >= 4 is 61.2 Å². The number of fused-ring (bicyclic) bond motifs is 2. The molecule has 69 heavy (non-hydrogen) atoms. The van der Waals surface area contributed by atoms with E-state index in [-0.39, 0.29) is 33.5 Å². The van der Waals surface area contributed by atoms with Crippen LogP contribution in [0, 0.1) is 65.2 Å². The summed E-state index contributed by atoms with van der Waals surface area (Å²) in [7, 11) is -3.96. The first-order chi connectivity index (χ1) is 32.3. The Morgan fingerprint density at radius 3 is 1.88 bits per heavy atom. The summed E-state index contributed by atoms with van der Waals surface area (Å²) in [6.07, 6.45) is 4.71. The Bertz CT molecular complexity index is 3060. The molecule has 1 heterocycles. The highest BCUT2D eigenvalue weighted by atomic mass is 32.2. The number of amides is 2. The van der Waals surface area contributed by atoms with Gasteiger partial charge in [0, 0.05) is 76.3 Å². The van der Waals surface area contributed by atoms with Crippen LogP contribution < -0.4 is 26.0 Å². The van der Waals surface area contributed by atoms with E-state index in [9.17, 15) is 18.0 Å². The number of hydrogen-bond donors (Lipinski definition) is 4. The van der Waals surface area contributed by atoms with E-state index in [0.29, 0.717) is 41.7 Å². The van der Waals surface area contributed by atoms with Crippen LogP contribution in [0.2, 0.25) is 0 Å². The van der Waals surface area contributed by atoms with Gasteiger partial charge >= 0.3 is 0 Å². The van der Waals surface area contributed by atoms with Gasteiger partial charge in [-0.05, 0) is 135 Å². The quantitative estimate of drug-likeness (QED) is 0.0712. The molecule has 4 N–H and O–H groups in total. The SMILES string of the molecule is CCCCC(CC)CNS(=O)(=O)c1ccccc1-c1c2cc/c(=N/c3c(C)cc(C)c(NC(=O)CC(C)(C)C)c3C)cc-2oc2cc(Nc3c(C)cc(C)c(NC(=O)CC(C)(C)C)c3C)c(C)cc12. The highest BCUT2D eigenvalue weighted by Crippen LogP contribution is 2.45. The Morgan fingerprint density at radius 2 is 1.28 bits per heavy atom. The molecule has 0 radical (unpaired) electrons. The predicted molar refractivity (Wildman–Crippen MR) is 287 cm³/mol. The van der Waals surface area contributed by atoms with Crippen LogP contribution in [0.15, 0.2) is 81.0 Å². The molecule has 0 fully saturated rings. The maximum absolute atomic E-state index is 14.5. The molecule has 0 saturated carbocycles. The van der Waals surface area contributed by atoms with Crippen LogP contribution in [0.4, 0.5) is 28.4 Å². The monoisotopic (exact) mass is 954 g/mol. The van der Waals surface area contributed by atoms with Gasteiger partial charge in [-0.1, -0.05) is 105 Å². The summed E-state index contributed by atoms with van der Waals surface area (Å²) < 4.78 is 38.8. The van der Waals surface area contributed by atoms with E-state index in [4.69, 9.17) is 9.41 Å². The second-order valence-electron chi connectivity index (χ2n) is 21.6. The van der Waals surface area contributed by atoms with Gasteiger partial charge in [-0.3, -0.25) is 9.59 Å². The van der Waals surface area contributed by atoms with Crippen molar-refractivity contribution in [2.24, 2.45) is 21.7 Å². The van der Waals surface area contributed by atoms with Gasteiger partial charge in [0.05, 0.1) is 15.9 Å².